The highest BCUT2D eigenvalue weighted by Crippen LogP contribution is 2.42. The molecule has 6 aliphatic heterocycles. The number of likely N-dealkylation sites (tertiary alicyclic amines) is 1. The third-order valence-electron chi connectivity index (χ3n) is 13.0. The van der Waals surface area contributed by atoms with Crippen LogP contribution in [0.25, 0.3) is 0 Å². The van der Waals surface area contributed by atoms with Crippen molar-refractivity contribution in [1.82, 2.24) is 34.9 Å². The zero-order chi connectivity index (χ0) is 40.3. The van der Waals surface area contributed by atoms with Gasteiger partial charge in [0.1, 0.15) is 17.6 Å². The number of rotatable bonds is 9. The van der Waals surface area contributed by atoms with Gasteiger partial charge >= 0.3 is 6.03 Å². The molecule has 7 amide bonds. The number of nitrogens with one attached hydrogen (secondary N) is 1. The molecule has 6 aliphatic rings. The molecule has 0 saturated carbocycles. The number of urea groups is 1. The molecule has 16 nitrogen and oxygen atoms in total. The maximum absolute atomic E-state index is 13.3. The third kappa shape index (κ3) is 6.92. The zero-order valence-electron chi connectivity index (χ0n) is 32.7. The number of nitrogens with two attached hydrogens (primary N) is 1. The molecule has 5 saturated heterocycles. The molecule has 2 aromatic carbocycles. The number of fused-ring (bicyclic) bond motifs is 1. The van der Waals surface area contributed by atoms with Gasteiger partial charge in [-0.05, 0) is 72.9 Å². The highest BCUT2D eigenvalue weighted by molar-refractivity contribution is 6.23. The second-order valence-corrected chi connectivity index (χ2v) is 16.8. The van der Waals surface area contributed by atoms with Gasteiger partial charge < -0.3 is 25.3 Å². The van der Waals surface area contributed by atoms with Crippen LogP contribution in [0.2, 0.25) is 0 Å². The zero-order valence-corrected chi connectivity index (χ0v) is 32.7. The maximum Gasteiger partial charge on any atom is 0.320 e. The van der Waals surface area contributed by atoms with E-state index in [1.807, 2.05) is 18.0 Å². The fourth-order valence-electron chi connectivity index (χ4n) is 9.78. The van der Waals surface area contributed by atoms with E-state index in [1.165, 1.54) is 0 Å². The number of amides is 7. The first-order chi connectivity index (χ1) is 27.9. The molecule has 2 atom stereocenters. The van der Waals surface area contributed by atoms with Gasteiger partial charge in [-0.2, -0.15) is 0 Å². The quantitative estimate of drug-likeness (QED) is 0.303. The molecular weight excluding hydrogens is 741 g/mol. The molecule has 0 radical (unpaired) electrons. The van der Waals surface area contributed by atoms with Crippen molar-refractivity contribution in [2.75, 3.05) is 69.2 Å². The maximum atomic E-state index is 13.3. The Labute approximate surface area is 336 Å². The highest BCUT2D eigenvalue weighted by atomic mass is 16.2. The number of carbonyl (C=O) groups is 6. The van der Waals surface area contributed by atoms with Gasteiger partial charge in [-0.1, -0.05) is 18.2 Å². The lowest BCUT2D eigenvalue weighted by Gasteiger charge is -2.54. The molecule has 16 heteroatoms. The largest absolute Gasteiger partial charge is 0.371 e. The minimum Gasteiger partial charge on any atom is -0.371 e. The fraction of sp³-hybridized carbons (Fsp3) is 0.476. The number of hydrogen-bond donors (Lipinski definition) is 2. The standard InChI is InChI=1S/C42H48N10O6/c1-47-17-18-51(41(47)58)29-3-2-14-50(23-29)34-21-44-36(37(43)54)32(45-34)20-26-4-7-28(8-5-26)49-15-12-42(13-16-49)24-48(25-42)22-27-6-9-30-31(19-27)40(57)52(39(30)56)33-10-11-35(53)46-38(33)55/h4-9,19,21,29,33H,2-3,10-18,20,22-25H2,1H3,(H2,43,54)(H,46,53,55)/t29-,33?/m1/s1. The van der Waals surface area contributed by atoms with Gasteiger partial charge in [0.05, 0.1) is 29.1 Å². The fourth-order valence-corrected chi connectivity index (χ4v) is 9.78. The Bertz CT molecular complexity index is 2200. The predicted molar refractivity (Wildman–Crippen MR) is 212 cm³/mol. The normalized spacial score (nSPS) is 23.5. The summed E-state index contributed by atoms with van der Waals surface area (Å²) in [7, 11) is 1.83. The van der Waals surface area contributed by atoms with E-state index in [0.29, 0.717) is 42.1 Å². The highest BCUT2D eigenvalue weighted by Gasteiger charge is 2.46. The Morgan fingerprint density at radius 1 is 0.879 bits per heavy atom. The van der Waals surface area contributed by atoms with Gasteiger partial charge in [-0.15, -0.1) is 0 Å². The summed E-state index contributed by atoms with van der Waals surface area (Å²) in [4.78, 5) is 96.6. The van der Waals surface area contributed by atoms with Crippen LogP contribution in [0.5, 0.6) is 0 Å². The Balaban J connectivity index is 0.784. The Morgan fingerprint density at radius 2 is 1.62 bits per heavy atom. The van der Waals surface area contributed by atoms with Gasteiger partial charge in [-0.3, -0.25) is 39.1 Å². The Hall–Kier alpha value is -5.90. The molecule has 9 rings (SSSR count). The van der Waals surface area contributed by atoms with Crippen LogP contribution in [0.1, 0.15) is 86.6 Å². The molecule has 3 aromatic rings. The minimum absolute atomic E-state index is 0.0674. The smallest absolute Gasteiger partial charge is 0.320 e. The SMILES string of the molecule is CN1CCN([C@@H]2CCCN(c3cnc(C(N)=O)c(Cc4ccc(N5CCC6(CC5)CN(Cc5ccc7c(c5)C(=O)N(C5CCC(=O)NC5=O)C7=O)C6)cc4)n3)C2)C1=O. The molecule has 1 unspecified atom stereocenters. The third-order valence-corrected chi connectivity index (χ3v) is 13.0. The van der Waals surface area contributed by atoms with Crippen molar-refractivity contribution >= 4 is 47.1 Å². The molecule has 58 heavy (non-hydrogen) atoms. The summed E-state index contributed by atoms with van der Waals surface area (Å²) in [5.74, 6) is -1.90. The predicted octanol–water partition coefficient (Wildman–Crippen LogP) is 2.01. The van der Waals surface area contributed by atoms with E-state index >= 15 is 0 Å². The van der Waals surface area contributed by atoms with Crippen molar-refractivity contribution in [2.45, 2.75) is 63.6 Å². The summed E-state index contributed by atoms with van der Waals surface area (Å²) >= 11 is 0. The number of aromatic nitrogens is 2. The van der Waals surface area contributed by atoms with Crippen LogP contribution in [0, 0.1) is 5.41 Å². The molecule has 7 heterocycles. The Morgan fingerprint density at radius 3 is 2.33 bits per heavy atom. The first kappa shape index (κ1) is 37.7. The molecule has 3 N–H and O–H groups in total. The summed E-state index contributed by atoms with van der Waals surface area (Å²) < 4.78 is 0. The van der Waals surface area contributed by atoms with Gasteiger partial charge in [0.25, 0.3) is 17.7 Å². The van der Waals surface area contributed by atoms with Gasteiger partial charge in [-0.25, -0.2) is 14.8 Å². The van der Waals surface area contributed by atoms with Crippen molar-refractivity contribution in [3.05, 3.63) is 82.3 Å². The van der Waals surface area contributed by atoms with Crippen LogP contribution in [0.15, 0.2) is 48.7 Å². The van der Waals surface area contributed by atoms with Crippen LogP contribution >= 0.6 is 0 Å². The molecule has 5 fully saturated rings. The van der Waals surface area contributed by atoms with Gasteiger partial charge in [0.2, 0.25) is 11.8 Å². The minimum atomic E-state index is -0.973. The van der Waals surface area contributed by atoms with E-state index in [4.69, 9.17) is 10.7 Å². The van der Waals surface area contributed by atoms with Gasteiger partial charge in [0, 0.05) is 84.5 Å². The van der Waals surface area contributed by atoms with Crippen LogP contribution in [-0.2, 0) is 22.6 Å². The monoisotopic (exact) mass is 788 g/mol. The summed E-state index contributed by atoms with van der Waals surface area (Å²) in [5, 5.41) is 2.24. The second kappa shape index (κ2) is 14.8. The van der Waals surface area contributed by atoms with Crippen molar-refractivity contribution in [2.24, 2.45) is 11.1 Å². The molecule has 1 aromatic heterocycles. The van der Waals surface area contributed by atoms with Crippen LogP contribution in [-0.4, -0.2) is 137 Å². The van der Waals surface area contributed by atoms with Crippen LogP contribution in [0.3, 0.4) is 0 Å². The lowest BCUT2D eigenvalue weighted by molar-refractivity contribution is -0.136. The topological polar surface area (TPSA) is 186 Å². The molecule has 0 bridgehead atoms. The van der Waals surface area contributed by atoms with Crippen molar-refractivity contribution in [3.8, 4) is 0 Å². The number of anilines is 2. The number of imide groups is 2. The average molecular weight is 789 g/mol. The molecule has 0 aliphatic carbocycles. The lowest BCUT2D eigenvalue weighted by Crippen LogP contribution is -2.59. The number of likely N-dealkylation sites (N-methyl/N-ethyl adjacent to an activating group) is 1. The molecular formula is C42H48N10O6. The van der Waals surface area contributed by atoms with E-state index in [9.17, 15) is 28.8 Å². The molecule has 1 spiro atoms. The summed E-state index contributed by atoms with van der Waals surface area (Å²) in [5.41, 5.74) is 10.4. The number of hydrogen-bond acceptors (Lipinski definition) is 11. The van der Waals surface area contributed by atoms with E-state index in [2.05, 4.69) is 49.3 Å². The number of carbonyl (C=O) groups excluding carboxylic acids is 6. The van der Waals surface area contributed by atoms with E-state index < -0.39 is 35.6 Å². The van der Waals surface area contributed by atoms with Gasteiger partial charge in [0.15, 0.2) is 0 Å². The van der Waals surface area contributed by atoms with Crippen molar-refractivity contribution in [1.29, 1.82) is 0 Å². The average Bonchev–Trinajstić information content (AvgIpc) is 3.67. The lowest BCUT2D eigenvalue weighted by atomic mass is 9.71. The summed E-state index contributed by atoms with van der Waals surface area (Å²) in [6, 6.07) is 13.0. The number of nitrogens with zero attached hydrogens (tertiary/aromatic N) is 8. The van der Waals surface area contributed by atoms with E-state index in [1.54, 1.807) is 23.2 Å². The molecule has 302 valence electrons. The number of piperidine rings is 3. The van der Waals surface area contributed by atoms with Crippen LogP contribution in [0.4, 0.5) is 16.3 Å². The number of benzene rings is 2. The van der Waals surface area contributed by atoms with Crippen molar-refractivity contribution < 1.29 is 28.8 Å². The summed E-state index contributed by atoms with van der Waals surface area (Å²) in [6.45, 7) is 7.39. The first-order valence-electron chi connectivity index (χ1n) is 20.3. The van der Waals surface area contributed by atoms with Crippen molar-refractivity contribution in [3.63, 3.8) is 0 Å². The summed E-state index contributed by atoms with van der Waals surface area (Å²) in [6.07, 6.45) is 6.26. The van der Waals surface area contributed by atoms with E-state index in [0.717, 1.165) is 93.2 Å². The first-order valence-corrected chi connectivity index (χ1v) is 20.3. The van der Waals surface area contributed by atoms with E-state index in [-0.39, 0.29) is 36.0 Å². The van der Waals surface area contributed by atoms with Crippen LogP contribution < -0.4 is 20.9 Å². The number of primary amides is 1. The Kier molecular flexibility index (Phi) is 9.61. The second-order valence-electron chi connectivity index (χ2n) is 16.8.